The van der Waals surface area contributed by atoms with Crippen molar-refractivity contribution in [3.05, 3.63) is 54.1 Å². The van der Waals surface area contributed by atoms with Crippen LogP contribution < -0.4 is 10.6 Å². The first-order valence-electron chi connectivity index (χ1n) is 7.69. The van der Waals surface area contributed by atoms with Crippen molar-refractivity contribution in [1.82, 2.24) is 0 Å². The Balaban J connectivity index is 2.04. The van der Waals surface area contributed by atoms with Crippen LogP contribution in [0.3, 0.4) is 0 Å². The molecule has 132 valence electrons. The van der Waals surface area contributed by atoms with E-state index in [1.54, 1.807) is 38.1 Å². The molecule has 0 bridgehead atoms. The molecule has 0 saturated carbocycles. The summed E-state index contributed by atoms with van der Waals surface area (Å²) in [4.78, 5) is 24.0. The molecular weight excluding hydrogens is 340 g/mol. The van der Waals surface area contributed by atoms with E-state index in [9.17, 15) is 18.0 Å². The van der Waals surface area contributed by atoms with E-state index in [4.69, 9.17) is 0 Å². The van der Waals surface area contributed by atoms with Crippen LogP contribution in [0.25, 0.3) is 0 Å². The zero-order valence-electron chi connectivity index (χ0n) is 14.2. The van der Waals surface area contributed by atoms with Crippen LogP contribution in [0.5, 0.6) is 0 Å². The van der Waals surface area contributed by atoms with Crippen LogP contribution in [0.2, 0.25) is 0 Å². The summed E-state index contributed by atoms with van der Waals surface area (Å²) in [7, 11) is -3.29. The minimum absolute atomic E-state index is 0.0808. The normalized spacial score (nSPS) is 11.2. The second-order valence-electron chi connectivity index (χ2n) is 5.97. The van der Waals surface area contributed by atoms with Gasteiger partial charge in [-0.2, -0.15) is 0 Å². The Morgan fingerprint density at radius 3 is 1.76 bits per heavy atom. The molecule has 0 spiro atoms. The predicted octanol–water partition coefficient (Wildman–Crippen LogP) is 2.94. The molecule has 2 rings (SSSR count). The lowest BCUT2D eigenvalue weighted by atomic mass is 10.2. The van der Waals surface area contributed by atoms with Crippen molar-refractivity contribution in [1.29, 1.82) is 0 Å². The van der Waals surface area contributed by atoms with Crippen molar-refractivity contribution in [3.8, 4) is 0 Å². The number of benzene rings is 2. The fourth-order valence-electron chi connectivity index (χ4n) is 1.98. The fraction of sp³-hybridized carbons (Fsp3) is 0.222. The maximum absolute atomic E-state index is 12.2. The third-order valence-corrected chi connectivity index (χ3v) is 4.61. The number of nitrogens with one attached hydrogen (secondary N) is 2. The maximum atomic E-state index is 12.2. The number of hydrogen-bond donors (Lipinski definition) is 2. The summed E-state index contributed by atoms with van der Waals surface area (Å²) in [6, 6.07) is 12.5. The molecule has 0 aliphatic rings. The summed E-state index contributed by atoms with van der Waals surface area (Å²) >= 11 is 0. The highest BCUT2D eigenvalue weighted by Gasteiger charge is 2.11. The molecule has 0 heterocycles. The van der Waals surface area contributed by atoms with E-state index in [2.05, 4.69) is 10.6 Å². The molecule has 0 radical (unpaired) electrons. The van der Waals surface area contributed by atoms with Gasteiger partial charge in [-0.1, -0.05) is 13.8 Å². The standard InChI is InChI=1S/C18H20N2O4S/c1-12(2)17(21)19-14-6-8-15(9-7-14)20-18(22)13-4-10-16(11-5-13)25(3,23)24/h4-12H,1-3H3,(H,19,21)(H,20,22). The van der Waals surface area contributed by atoms with Gasteiger partial charge >= 0.3 is 0 Å². The van der Waals surface area contributed by atoms with E-state index in [0.717, 1.165) is 6.26 Å². The van der Waals surface area contributed by atoms with Crippen molar-refractivity contribution < 1.29 is 18.0 Å². The average Bonchev–Trinajstić information content (AvgIpc) is 2.55. The number of anilines is 2. The Kier molecular flexibility index (Phi) is 5.58. The number of sulfone groups is 1. The third-order valence-electron chi connectivity index (χ3n) is 3.48. The molecule has 2 aromatic carbocycles. The molecule has 0 fully saturated rings. The molecule has 0 aliphatic carbocycles. The van der Waals surface area contributed by atoms with E-state index in [1.165, 1.54) is 24.3 Å². The Bertz CT molecular complexity index is 870. The SMILES string of the molecule is CC(C)C(=O)Nc1ccc(NC(=O)c2ccc(S(C)(=O)=O)cc2)cc1. The van der Waals surface area contributed by atoms with Crippen molar-refractivity contribution in [3.63, 3.8) is 0 Å². The van der Waals surface area contributed by atoms with Crippen LogP contribution in [0.4, 0.5) is 11.4 Å². The quantitative estimate of drug-likeness (QED) is 0.857. The smallest absolute Gasteiger partial charge is 0.255 e. The zero-order valence-corrected chi connectivity index (χ0v) is 15.1. The van der Waals surface area contributed by atoms with Gasteiger partial charge in [0.05, 0.1) is 4.90 Å². The third kappa shape index (κ3) is 5.15. The Morgan fingerprint density at radius 2 is 1.32 bits per heavy atom. The predicted molar refractivity (Wildman–Crippen MR) is 97.4 cm³/mol. The van der Waals surface area contributed by atoms with Crippen molar-refractivity contribution >= 4 is 33.0 Å². The first kappa shape index (κ1) is 18.7. The van der Waals surface area contributed by atoms with Gasteiger partial charge in [0.25, 0.3) is 5.91 Å². The first-order valence-corrected chi connectivity index (χ1v) is 9.58. The van der Waals surface area contributed by atoms with Gasteiger partial charge in [0.15, 0.2) is 9.84 Å². The maximum Gasteiger partial charge on any atom is 0.255 e. The number of carbonyl (C=O) groups is 2. The van der Waals surface area contributed by atoms with Gasteiger partial charge in [0.1, 0.15) is 0 Å². The van der Waals surface area contributed by atoms with Crippen LogP contribution in [-0.4, -0.2) is 26.5 Å². The zero-order chi connectivity index (χ0) is 18.6. The number of rotatable bonds is 5. The van der Waals surface area contributed by atoms with Crippen LogP contribution >= 0.6 is 0 Å². The molecule has 2 aromatic rings. The highest BCUT2D eigenvalue weighted by molar-refractivity contribution is 7.90. The number of amides is 2. The largest absolute Gasteiger partial charge is 0.326 e. The molecule has 0 aromatic heterocycles. The molecule has 0 atom stereocenters. The van der Waals surface area contributed by atoms with Gasteiger partial charge in [0.2, 0.25) is 5.91 Å². The Labute approximate surface area is 147 Å². The van der Waals surface area contributed by atoms with Gasteiger partial charge in [-0.3, -0.25) is 9.59 Å². The second kappa shape index (κ2) is 7.48. The minimum Gasteiger partial charge on any atom is -0.326 e. The number of carbonyl (C=O) groups excluding carboxylic acids is 2. The Morgan fingerprint density at radius 1 is 0.840 bits per heavy atom. The first-order chi connectivity index (χ1) is 11.7. The topological polar surface area (TPSA) is 92.3 Å². The highest BCUT2D eigenvalue weighted by atomic mass is 32.2. The molecule has 6 nitrogen and oxygen atoms in total. The lowest BCUT2D eigenvalue weighted by Crippen LogP contribution is -2.17. The number of hydrogen-bond acceptors (Lipinski definition) is 4. The van der Waals surface area contributed by atoms with Gasteiger partial charge in [0, 0.05) is 29.1 Å². The molecule has 2 N–H and O–H groups in total. The van der Waals surface area contributed by atoms with Gasteiger partial charge in [-0.15, -0.1) is 0 Å². The summed E-state index contributed by atoms with van der Waals surface area (Å²) in [5, 5.41) is 5.48. The lowest BCUT2D eigenvalue weighted by molar-refractivity contribution is -0.118. The molecule has 0 aliphatic heterocycles. The van der Waals surface area contributed by atoms with Gasteiger partial charge in [-0.05, 0) is 48.5 Å². The van der Waals surface area contributed by atoms with Crippen LogP contribution in [0.1, 0.15) is 24.2 Å². The van der Waals surface area contributed by atoms with E-state index >= 15 is 0 Å². The summed E-state index contributed by atoms with van der Waals surface area (Å²) in [6.07, 6.45) is 1.11. The molecule has 2 amide bonds. The van der Waals surface area contributed by atoms with Gasteiger partial charge in [-0.25, -0.2) is 8.42 Å². The van der Waals surface area contributed by atoms with E-state index < -0.39 is 9.84 Å². The van der Waals surface area contributed by atoms with Gasteiger partial charge < -0.3 is 10.6 Å². The molecular formula is C18H20N2O4S. The van der Waals surface area contributed by atoms with E-state index in [-0.39, 0.29) is 22.6 Å². The summed E-state index contributed by atoms with van der Waals surface area (Å²) < 4.78 is 22.8. The molecule has 0 unspecified atom stereocenters. The Hall–Kier alpha value is -2.67. The molecule has 7 heteroatoms. The van der Waals surface area contributed by atoms with E-state index in [0.29, 0.717) is 16.9 Å². The summed E-state index contributed by atoms with van der Waals surface area (Å²) in [5.41, 5.74) is 1.57. The monoisotopic (exact) mass is 360 g/mol. The van der Waals surface area contributed by atoms with E-state index in [1.807, 2.05) is 0 Å². The van der Waals surface area contributed by atoms with Crippen molar-refractivity contribution in [2.75, 3.05) is 16.9 Å². The van der Waals surface area contributed by atoms with Crippen LogP contribution in [0, 0.1) is 5.92 Å². The highest BCUT2D eigenvalue weighted by Crippen LogP contribution is 2.16. The van der Waals surface area contributed by atoms with Crippen LogP contribution in [0.15, 0.2) is 53.4 Å². The summed E-state index contributed by atoms with van der Waals surface area (Å²) in [6.45, 7) is 3.61. The van der Waals surface area contributed by atoms with Crippen molar-refractivity contribution in [2.45, 2.75) is 18.7 Å². The van der Waals surface area contributed by atoms with Crippen LogP contribution in [-0.2, 0) is 14.6 Å². The fourth-order valence-corrected chi connectivity index (χ4v) is 2.61. The second-order valence-corrected chi connectivity index (χ2v) is 7.99. The molecule has 0 saturated heterocycles. The summed E-state index contributed by atoms with van der Waals surface area (Å²) in [5.74, 6) is -0.545. The lowest BCUT2D eigenvalue weighted by Gasteiger charge is -2.09. The molecule has 25 heavy (non-hydrogen) atoms. The minimum atomic E-state index is -3.29. The van der Waals surface area contributed by atoms with Crippen molar-refractivity contribution in [2.24, 2.45) is 5.92 Å². The average molecular weight is 360 g/mol.